The van der Waals surface area contributed by atoms with Gasteiger partial charge in [0.2, 0.25) is 0 Å². The second kappa shape index (κ2) is 7.77. The van der Waals surface area contributed by atoms with Gasteiger partial charge in [0.25, 0.3) is 0 Å². The van der Waals surface area contributed by atoms with E-state index >= 15 is 0 Å². The normalized spacial score (nSPS) is 23.4. The van der Waals surface area contributed by atoms with E-state index in [-0.39, 0.29) is 12.6 Å². The summed E-state index contributed by atoms with van der Waals surface area (Å²) in [5, 5.41) is 13.3. The Hall–Kier alpha value is -0.900. The van der Waals surface area contributed by atoms with E-state index in [2.05, 4.69) is 36.2 Å². The number of likely N-dealkylation sites (tertiary alicyclic amines) is 1. The fourth-order valence-corrected chi connectivity index (χ4v) is 3.18. The van der Waals surface area contributed by atoms with Crippen molar-refractivity contribution < 1.29 is 5.11 Å². The lowest BCUT2D eigenvalue weighted by Crippen LogP contribution is -2.45. The monoisotopic (exact) mass is 276 g/mol. The summed E-state index contributed by atoms with van der Waals surface area (Å²) in [6.45, 7) is 8.21. The van der Waals surface area contributed by atoms with E-state index in [1.807, 2.05) is 18.2 Å². The molecule has 3 heteroatoms. The molecular weight excluding hydrogens is 248 g/mol. The fourth-order valence-electron chi connectivity index (χ4n) is 3.18. The van der Waals surface area contributed by atoms with Gasteiger partial charge < -0.3 is 15.3 Å². The van der Waals surface area contributed by atoms with Crippen molar-refractivity contribution in [2.24, 2.45) is 5.92 Å². The summed E-state index contributed by atoms with van der Waals surface area (Å²) in [6, 6.07) is 10.7. The summed E-state index contributed by atoms with van der Waals surface area (Å²) in [6.07, 6.45) is 2.58. The number of hydrogen-bond donors (Lipinski definition) is 2. The number of aliphatic hydroxyl groups is 1. The van der Waals surface area contributed by atoms with Crippen LogP contribution in [0.3, 0.4) is 0 Å². The molecule has 0 radical (unpaired) electrons. The van der Waals surface area contributed by atoms with Gasteiger partial charge >= 0.3 is 0 Å². The summed E-state index contributed by atoms with van der Waals surface area (Å²) in [7, 11) is 0. The molecule has 2 rings (SSSR count). The third-order valence-corrected chi connectivity index (χ3v) is 4.54. The first-order chi connectivity index (χ1) is 9.74. The maximum Gasteiger partial charge on any atom is 0.0626 e. The summed E-state index contributed by atoms with van der Waals surface area (Å²) < 4.78 is 0. The second-order valence-electron chi connectivity index (χ2n) is 5.90. The molecule has 3 atom stereocenters. The SMILES string of the molecule is CCN1CCCC(C(C)N[C@H](CO)c2ccccc2)C1. The molecule has 0 spiro atoms. The third kappa shape index (κ3) is 4.05. The molecule has 2 N–H and O–H groups in total. The molecule has 1 aromatic carbocycles. The Balaban J connectivity index is 1.93. The van der Waals surface area contributed by atoms with Crippen LogP contribution in [0.15, 0.2) is 30.3 Å². The number of hydrogen-bond acceptors (Lipinski definition) is 3. The first kappa shape index (κ1) is 15.5. The lowest BCUT2D eigenvalue weighted by Gasteiger charge is -2.36. The largest absolute Gasteiger partial charge is 0.394 e. The van der Waals surface area contributed by atoms with Gasteiger partial charge in [0, 0.05) is 12.6 Å². The topological polar surface area (TPSA) is 35.5 Å². The van der Waals surface area contributed by atoms with E-state index in [1.165, 1.54) is 31.5 Å². The average molecular weight is 276 g/mol. The summed E-state index contributed by atoms with van der Waals surface area (Å²) in [5.41, 5.74) is 1.17. The van der Waals surface area contributed by atoms with Gasteiger partial charge in [-0.05, 0) is 44.3 Å². The van der Waals surface area contributed by atoms with Crippen molar-refractivity contribution in [1.29, 1.82) is 0 Å². The van der Waals surface area contributed by atoms with E-state index in [1.54, 1.807) is 0 Å². The van der Waals surface area contributed by atoms with Gasteiger partial charge in [-0.15, -0.1) is 0 Å². The van der Waals surface area contributed by atoms with Gasteiger partial charge in [-0.25, -0.2) is 0 Å². The maximum absolute atomic E-state index is 9.65. The minimum atomic E-state index is 0.0446. The Labute approximate surface area is 123 Å². The van der Waals surface area contributed by atoms with Crippen LogP contribution in [0.25, 0.3) is 0 Å². The molecule has 0 bridgehead atoms. The highest BCUT2D eigenvalue weighted by Crippen LogP contribution is 2.22. The van der Waals surface area contributed by atoms with Crippen LogP contribution in [0.1, 0.15) is 38.3 Å². The van der Waals surface area contributed by atoms with E-state index in [4.69, 9.17) is 0 Å². The smallest absolute Gasteiger partial charge is 0.0626 e. The van der Waals surface area contributed by atoms with Gasteiger partial charge in [-0.3, -0.25) is 0 Å². The fraction of sp³-hybridized carbons (Fsp3) is 0.647. The third-order valence-electron chi connectivity index (χ3n) is 4.54. The molecule has 1 aromatic rings. The van der Waals surface area contributed by atoms with Crippen LogP contribution in [-0.4, -0.2) is 42.3 Å². The van der Waals surface area contributed by atoms with Crippen molar-refractivity contribution in [3.8, 4) is 0 Å². The van der Waals surface area contributed by atoms with Crippen molar-refractivity contribution in [2.45, 2.75) is 38.8 Å². The predicted molar refractivity (Wildman–Crippen MR) is 83.7 cm³/mol. The van der Waals surface area contributed by atoms with E-state index in [0.29, 0.717) is 12.0 Å². The van der Waals surface area contributed by atoms with Crippen LogP contribution < -0.4 is 5.32 Å². The number of nitrogens with zero attached hydrogens (tertiary/aromatic N) is 1. The Bertz CT molecular complexity index is 382. The molecule has 0 saturated carbocycles. The molecule has 20 heavy (non-hydrogen) atoms. The molecular formula is C17H28N2O. The van der Waals surface area contributed by atoms with Gasteiger partial charge in [-0.1, -0.05) is 37.3 Å². The van der Waals surface area contributed by atoms with Crippen molar-refractivity contribution in [3.63, 3.8) is 0 Å². The molecule has 1 aliphatic rings. The number of aliphatic hydroxyl groups excluding tert-OH is 1. The molecule has 0 amide bonds. The summed E-state index contributed by atoms with van der Waals surface area (Å²) >= 11 is 0. The Morgan fingerprint density at radius 2 is 2.10 bits per heavy atom. The number of nitrogens with one attached hydrogen (secondary N) is 1. The molecule has 1 heterocycles. The van der Waals surface area contributed by atoms with Crippen LogP contribution in [-0.2, 0) is 0 Å². The second-order valence-corrected chi connectivity index (χ2v) is 5.90. The minimum absolute atomic E-state index is 0.0446. The quantitative estimate of drug-likeness (QED) is 0.837. The molecule has 1 saturated heterocycles. The Morgan fingerprint density at radius 3 is 2.75 bits per heavy atom. The minimum Gasteiger partial charge on any atom is -0.394 e. The van der Waals surface area contributed by atoms with Gasteiger partial charge in [0.1, 0.15) is 0 Å². The van der Waals surface area contributed by atoms with Crippen LogP contribution in [0.4, 0.5) is 0 Å². The average Bonchev–Trinajstić information content (AvgIpc) is 2.53. The highest BCUT2D eigenvalue weighted by molar-refractivity contribution is 5.19. The van der Waals surface area contributed by atoms with E-state index < -0.39 is 0 Å². The molecule has 1 fully saturated rings. The molecule has 3 nitrogen and oxygen atoms in total. The van der Waals surface area contributed by atoms with Crippen LogP contribution in [0.5, 0.6) is 0 Å². The first-order valence-electron chi connectivity index (χ1n) is 7.88. The molecule has 2 unspecified atom stereocenters. The highest BCUT2D eigenvalue weighted by Gasteiger charge is 2.25. The van der Waals surface area contributed by atoms with Gasteiger partial charge in [-0.2, -0.15) is 0 Å². The Kier molecular flexibility index (Phi) is 6.02. The first-order valence-corrected chi connectivity index (χ1v) is 7.88. The summed E-state index contributed by atoms with van der Waals surface area (Å²) in [5.74, 6) is 0.682. The van der Waals surface area contributed by atoms with Gasteiger partial charge in [0.15, 0.2) is 0 Å². The highest BCUT2D eigenvalue weighted by atomic mass is 16.3. The zero-order valence-electron chi connectivity index (χ0n) is 12.8. The molecule has 112 valence electrons. The summed E-state index contributed by atoms with van der Waals surface area (Å²) in [4.78, 5) is 2.53. The van der Waals surface area contributed by atoms with Crippen molar-refractivity contribution in [2.75, 3.05) is 26.2 Å². The van der Waals surface area contributed by atoms with Crippen LogP contribution in [0, 0.1) is 5.92 Å². The van der Waals surface area contributed by atoms with Crippen LogP contribution >= 0.6 is 0 Å². The van der Waals surface area contributed by atoms with E-state index in [0.717, 1.165) is 6.54 Å². The maximum atomic E-state index is 9.65. The van der Waals surface area contributed by atoms with Crippen molar-refractivity contribution >= 4 is 0 Å². The lowest BCUT2D eigenvalue weighted by atomic mass is 9.90. The van der Waals surface area contributed by atoms with Crippen molar-refractivity contribution in [1.82, 2.24) is 10.2 Å². The van der Waals surface area contributed by atoms with Crippen LogP contribution in [0.2, 0.25) is 0 Å². The molecule has 0 aromatic heterocycles. The predicted octanol–water partition coefficient (Wildman–Crippen LogP) is 2.43. The standard InChI is InChI=1S/C17H28N2O/c1-3-19-11-7-10-16(12-19)14(2)18-17(13-20)15-8-5-4-6-9-15/h4-6,8-9,14,16-18,20H,3,7,10-13H2,1-2H3/t14?,16?,17-/m1/s1. The van der Waals surface area contributed by atoms with Gasteiger partial charge in [0.05, 0.1) is 12.6 Å². The molecule has 1 aliphatic heterocycles. The molecule has 0 aliphatic carbocycles. The number of piperidine rings is 1. The zero-order chi connectivity index (χ0) is 14.4. The lowest BCUT2D eigenvalue weighted by molar-refractivity contribution is 0.143. The van der Waals surface area contributed by atoms with E-state index in [9.17, 15) is 5.11 Å². The zero-order valence-corrected chi connectivity index (χ0v) is 12.8. The van der Waals surface area contributed by atoms with Crippen molar-refractivity contribution in [3.05, 3.63) is 35.9 Å². The number of benzene rings is 1. The Morgan fingerprint density at radius 1 is 1.35 bits per heavy atom. The number of rotatable bonds is 6.